The molecule has 14 heavy (non-hydrogen) atoms. The highest BCUT2D eigenvalue weighted by molar-refractivity contribution is 5.83. The minimum atomic E-state index is 0.372. The van der Waals surface area contributed by atoms with Crippen molar-refractivity contribution in [3.05, 3.63) is 34.9 Å². The molecule has 0 atom stereocenters. The molecule has 66 valence electrons. The van der Waals surface area contributed by atoms with E-state index in [4.69, 9.17) is 5.26 Å². The molecule has 3 nitrogen and oxygen atoms in total. The maximum absolute atomic E-state index is 10.5. The van der Waals surface area contributed by atoms with Crippen LogP contribution in [0, 0.1) is 23.2 Å². The molecule has 0 bridgehead atoms. The highest BCUT2D eigenvalue weighted by Gasteiger charge is 1.97. The van der Waals surface area contributed by atoms with E-state index < -0.39 is 0 Å². The van der Waals surface area contributed by atoms with Crippen LogP contribution < -0.4 is 0 Å². The molecule has 0 heterocycles. The first-order valence-corrected chi connectivity index (χ1v) is 3.75. The van der Waals surface area contributed by atoms with Gasteiger partial charge >= 0.3 is 0 Å². The number of carbonyl (C=O) groups excluding carboxylic acids is 2. The summed E-state index contributed by atoms with van der Waals surface area (Å²) in [5.41, 5.74) is 1.23. The van der Waals surface area contributed by atoms with Crippen molar-refractivity contribution < 1.29 is 9.59 Å². The Hall–Kier alpha value is -2.39. The summed E-state index contributed by atoms with van der Waals surface area (Å²) >= 11 is 0. The van der Waals surface area contributed by atoms with Crippen molar-refractivity contribution in [2.45, 2.75) is 0 Å². The molecular formula is C11H5NO2. The molecule has 0 saturated heterocycles. The zero-order valence-electron chi connectivity index (χ0n) is 7.15. The summed E-state index contributed by atoms with van der Waals surface area (Å²) in [5.74, 6) is 4.71. The Morgan fingerprint density at radius 1 is 1.07 bits per heavy atom. The van der Waals surface area contributed by atoms with E-state index in [9.17, 15) is 9.59 Å². The normalized spacial score (nSPS) is 7.93. The Labute approximate surface area is 81.0 Å². The molecule has 0 fully saturated rings. The van der Waals surface area contributed by atoms with Gasteiger partial charge in [-0.2, -0.15) is 5.26 Å². The van der Waals surface area contributed by atoms with Crippen LogP contribution in [0.5, 0.6) is 0 Å². The molecule has 1 aromatic rings. The minimum absolute atomic E-state index is 0.372. The number of carbonyl (C=O) groups is 2. The number of rotatable bonds is 2. The number of hydrogen-bond acceptors (Lipinski definition) is 3. The van der Waals surface area contributed by atoms with Crippen molar-refractivity contribution in [3.8, 4) is 17.9 Å². The van der Waals surface area contributed by atoms with Crippen molar-refractivity contribution in [3.63, 3.8) is 0 Å². The highest BCUT2D eigenvalue weighted by Crippen LogP contribution is 2.06. The lowest BCUT2D eigenvalue weighted by Gasteiger charge is -1.95. The number of nitrogens with zero attached hydrogens (tertiary/aromatic N) is 1. The summed E-state index contributed by atoms with van der Waals surface area (Å²) in [4.78, 5) is 20.9. The quantitative estimate of drug-likeness (QED) is 0.511. The van der Waals surface area contributed by atoms with Gasteiger partial charge in [-0.05, 0) is 18.2 Å². The lowest BCUT2D eigenvalue weighted by molar-refractivity contribution is 0.112. The molecule has 0 spiro atoms. The van der Waals surface area contributed by atoms with Gasteiger partial charge in [-0.25, -0.2) is 0 Å². The zero-order valence-corrected chi connectivity index (χ0v) is 7.15. The first-order chi connectivity index (χ1) is 6.80. The van der Waals surface area contributed by atoms with E-state index in [1.807, 2.05) is 0 Å². The summed E-state index contributed by atoms with van der Waals surface area (Å²) < 4.78 is 0. The number of aldehydes is 2. The second-order valence-corrected chi connectivity index (χ2v) is 2.49. The van der Waals surface area contributed by atoms with Crippen LogP contribution in [0.3, 0.4) is 0 Å². The molecule has 0 aliphatic carbocycles. The monoisotopic (exact) mass is 183 g/mol. The standard InChI is InChI=1S/C11H5NO2/c12-3-1-2-9-4-10(7-13)6-11(5-9)8-14/h4-8H. The van der Waals surface area contributed by atoms with E-state index in [-0.39, 0.29) is 0 Å². The largest absolute Gasteiger partial charge is 0.298 e. The lowest BCUT2D eigenvalue weighted by atomic mass is 10.1. The summed E-state index contributed by atoms with van der Waals surface area (Å²) in [6.07, 6.45) is 1.26. The Morgan fingerprint density at radius 2 is 1.64 bits per heavy atom. The number of benzene rings is 1. The zero-order chi connectivity index (χ0) is 10.4. The fourth-order valence-corrected chi connectivity index (χ4v) is 0.985. The van der Waals surface area contributed by atoms with Gasteiger partial charge < -0.3 is 0 Å². The molecule has 0 aliphatic rings. The van der Waals surface area contributed by atoms with Crippen molar-refractivity contribution in [1.29, 1.82) is 5.26 Å². The van der Waals surface area contributed by atoms with Crippen LogP contribution in [0.15, 0.2) is 18.2 Å². The predicted molar refractivity (Wildman–Crippen MR) is 49.7 cm³/mol. The van der Waals surface area contributed by atoms with Crippen LogP contribution in [0.2, 0.25) is 0 Å². The van der Waals surface area contributed by atoms with Gasteiger partial charge in [-0.15, -0.1) is 0 Å². The fraction of sp³-hybridized carbons (Fsp3) is 0. The fourth-order valence-electron chi connectivity index (χ4n) is 0.985. The van der Waals surface area contributed by atoms with Crippen molar-refractivity contribution in [2.75, 3.05) is 0 Å². The molecule has 0 aromatic heterocycles. The smallest absolute Gasteiger partial charge is 0.152 e. The van der Waals surface area contributed by atoms with Gasteiger partial charge in [0.2, 0.25) is 0 Å². The SMILES string of the molecule is N#CC#Cc1cc(C=O)cc(C=O)c1. The molecule has 0 N–H and O–H groups in total. The van der Waals surface area contributed by atoms with Gasteiger partial charge in [0.1, 0.15) is 12.6 Å². The van der Waals surface area contributed by atoms with E-state index in [2.05, 4.69) is 11.8 Å². The predicted octanol–water partition coefficient (Wildman–Crippen LogP) is 1.19. The van der Waals surface area contributed by atoms with Crippen LogP contribution in [-0.2, 0) is 0 Å². The van der Waals surface area contributed by atoms with E-state index in [0.29, 0.717) is 29.3 Å². The highest BCUT2D eigenvalue weighted by atomic mass is 16.1. The van der Waals surface area contributed by atoms with E-state index >= 15 is 0 Å². The van der Waals surface area contributed by atoms with Crippen LogP contribution >= 0.6 is 0 Å². The first kappa shape index (κ1) is 9.70. The van der Waals surface area contributed by atoms with Crippen molar-refractivity contribution in [2.24, 2.45) is 0 Å². The Kier molecular flexibility index (Phi) is 3.18. The Bertz CT molecular complexity index is 446. The van der Waals surface area contributed by atoms with Gasteiger partial charge in [0.25, 0.3) is 0 Å². The molecule has 0 unspecified atom stereocenters. The maximum atomic E-state index is 10.5. The minimum Gasteiger partial charge on any atom is -0.298 e. The summed E-state index contributed by atoms with van der Waals surface area (Å²) in [6, 6.07) is 6.15. The molecule has 0 amide bonds. The van der Waals surface area contributed by atoms with E-state index in [0.717, 1.165) is 0 Å². The van der Waals surface area contributed by atoms with E-state index in [1.165, 1.54) is 18.2 Å². The first-order valence-electron chi connectivity index (χ1n) is 3.75. The van der Waals surface area contributed by atoms with Crippen molar-refractivity contribution >= 4 is 12.6 Å². The molecule has 0 radical (unpaired) electrons. The van der Waals surface area contributed by atoms with E-state index in [1.54, 1.807) is 6.07 Å². The summed E-state index contributed by atoms with van der Waals surface area (Å²) in [7, 11) is 0. The molecule has 3 heteroatoms. The number of nitriles is 1. The topological polar surface area (TPSA) is 57.9 Å². The number of hydrogen-bond donors (Lipinski definition) is 0. The molecule has 1 aromatic carbocycles. The average molecular weight is 183 g/mol. The van der Waals surface area contributed by atoms with Crippen LogP contribution in [0.25, 0.3) is 0 Å². The second-order valence-electron chi connectivity index (χ2n) is 2.49. The van der Waals surface area contributed by atoms with Gasteiger partial charge in [-0.1, -0.05) is 5.92 Å². The summed E-state index contributed by atoms with van der Waals surface area (Å²) in [6.45, 7) is 0. The van der Waals surface area contributed by atoms with Crippen molar-refractivity contribution in [1.82, 2.24) is 0 Å². The molecule has 0 aliphatic heterocycles. The lowest BCUT2D eigenvalue weighted by Crippen LogP contribution is -1.88. The third kappa shape index (κ3) is 2.30. The van der Waals surface area contributed by atoms with Gasteiger partial charge in [0.05, 0.1) is 0 Å². The molecule has 1 rings (SSSR count). The Balaban J connectivity index is 3.25. The van der Waals surface area contributed by atoms with Crippen LogP contribution in [-0.4, -0.2) is 12.6 Å². The maximum Gasteiger partial charge on any atom is 0.152 e. The Morgan fingerprint density at radius 3 is 2.07 bits per heavy atom. The average Bonchev–Trinajstić information content (AvgIpc) is 2.25. The summed E-state index contributed by atoms with van der Waals surface area (Å²) in [5, 5.41) is 8.22. The third-order valence-electron chi connectivity index (χ3n) is 1.51. The van der Waals surface area contributed by atoms with Gasteiger partial charge in [-0.3, -0.25) is 9.59 Å². The molecular weight excluding hydrogens is 178 g/mol. The molecule has 0 saturated carbocycles. The second kappa shape index (κ2) is 4.59. The van der Waals surface area contributed by atoms with Gasteiger partial charge in [0.15, 0.2) is 6.07 Å². The third-order valence-corrected chi connectivity index (χ3v) is 1.51. The van der Waals surface area contributed by atoms with Gasteiger partial charge in [0, 0.05) is 22.6 Å². The van der Waals surface area contributed by atoms with Crippen LogP contribution in [0.4, 0.5) is 0 Å². The van der Waals surface area contributed by atoms with Crippen LogP contribution in [0.1, 0.15) is 26.3 Å².